The van der Waals surface area contributed by atoms with Gasteiger partial charge in [0.1, 0.15) is 5.60 Å². The first kappa shape index (κ1) is 12.1. The van der Waals surface area contributed by atoms with Gasteiger partial charge in [-0.15, -0.1) is 0 Å². The van der Waals surface area contributed by atoms with Gasteiger partial charge in [0.15, 0.2) is 0 Å². The highest BCUT2D eigenvalue weighted by Gasteiger charge is 2.32. The molecule has 1 fully saturated rings. The van der Waals surface area contributed by atoms with Crippen LogP contribution in [0, 0.1) is 0 Å². The lowest BCUT2D eigenvalue weighted by Crippen LogP contribution is -2.38. The van der Waals surface area contributed by atoms with E-state index in [4.69, 9.17) is 0 Å². The summed E-state index contributed by atoms with van der Waals surface area (Å²) < 4.78 is 2.70. The van der Waals surface area contributed by atoms with Crippen LogP contribution in [0.3, 0.4) is 0 Å². The molecule has 0 saturated heterocycles. The Hall–Kier alpha value is -0.390. The lowest BCUT2D eigenvalue weighted by atomic mass is 10.0. The van der Waals surface area contributed by atoms with E-state index >= 15 is 0 Å². The SMILES string of the molecule is CCn1ncc(Br)c1C(C)(O)CNC1CC1. The monoisotopic (exact) mass is 287 g/mol. The molecular weight excluding hydrogens is 270 g/mol. The number of nitrogens with zero attached hydrogens (tertiary/aromatic N) is 2. The van der Waals surface area contributed by atoms with Gasteiger partial charge in [0, 0.05) is 19.1 Å². The largest absolute Gasteiger partial charge is 0.382 e. The van der Waals surface area contributed by atoms with Crippen molar-refractivity contribution < 1.29 is 5.11 Å². The van der Waals surface area contributed by atoms with Crippen LogP contribution in [0.2, 0.25) is 0 Å². The fourth-order valence-corrected chi connectivity index (χ4v) is 2.58. The summed E-state index contributed by atoms with van der Waals surface area (Å²) in [6, 6.07) is 0.600. The molecule has 5 heteroatoms. The molecule has 1 aliphatic carbocycles. The highest BCUT2D eigenvalue weighted by Crippen LogP contribution is 2.29. The molecule has 1 atom stereocenters. The molecule has 0 spiro atoms. The molecule has 4 nitrogen and oxygen atoms in total. The summed E-state index contributed by atoms with van der Waals surface area (Å²) >= 11 is 3.45. The predicted octanol–water partition coefficient (Wildman–Crippen LogP) is 1.62. The fraction of sp³-hybridized carbons (Fsp3) is 0.727. The second kappa shape index (κ2) is 4.47. The van der Waals surface area contributed by atoms with Gasteiger partial charge < -0.3 is 10.4 Å². The molecule has 0 radical (unpaired) electrons. The normalized spacial score (nSPS) is 19.8. The van der Waals surface area contributed by atoms with E-state index in [0.717, 1.165) is 16.7 Å². The fourth-order valence-electron chi connectivity index (χ4n) is 1.85. The number of halogens is 1. The van der Waals surface area contributed by atoms with Crippen molar-refractivity contribution in [3.63, 3.8) is 0 Å². The number of nitrogens with one attached hydrogen (secondary N) is 1. The first-order chi connectivity index (χ1) is 7.54. The first-order valence-corrected chi connectivity index (χ1v) is 6.51. The summed E-state index contributed by atoms with van der Waals surface area (Å²) in [4.78, 5) is 0. The molecule has 0 amide bonds. The number of aryl methyl sites for hydroxylation is 1. The molecule has 1 aromatic heterocycles. The van der Waals surface area contributed by atoms with Crippen molar-refractivity contribution in [2.45, 2.75) is 44.9 Å². The Morgan fingerprint density at radius 3 is 2.94 bits per heavy atom. The second-order valence-corrected chi connectivity index (χ2v) is 5.44. The minimum Gasteiger partial charge on any atom is -0.382 e. The Bertz CT molecular complexity index is 371. The zero-order valence-electron chi connectivity index (χ0n) is 9.70. The van der Waals surface area contributed by atoms with Crippen molar-refractivity contribution >= 4 is 15.9 Å². The van der Waals surface area contributed by atoms with Crippen LogP contribution in [0.1, 0.15) is 32.4 Å². The Morgan fingerprint density at radius 1 is 1.69 bits per heavy atom. The molecule has 2 N–H and O–H groups in total. The molecule has 1 aliphatic rings. The molecule has 1 heterocycles. The molecule has 0 aliphatic heterocycles. The minimum atomic E-state index is -0.881. The van der Waals surface area contributed by atoms with Crippen LogP contribution in [0.4, 0.5) is 0 Å². The highest BCUT2D eigenvalue weighted by molar-refractivity contribution is 9.10. The van der Waals surface area contributed by atoms with E-state index in [1.807, 2.05) is 18.5 Å². The first-order valence-electron chi connectivity index (χ1n) is 5.72. The van der Waals surface area contributed by atoms with E-state index in [1.165, 1.54) is 12.8 Å². The summed E-state index contributed by atoms with van der Waals surface area (Å²) in [5.74, 6) is 0. The standard InChI is InChI=1S/C11H18BrN3O/c1-3-15-10(9(12)6-14-15)11(2,16)7-13-8-4-5-8/h6,8,13,16H,3-5,7H2,1-2H3. The zero-order valence-corrected chi connectivity index (χ0v) is 11.3. The van der Waals surface area contributed by atoms with E-state index in [-0.39, 0.29) is 0 Å². The maximum Gasteiger partial charge on any atom is 0.117 e. The maximum atomic E-state index is 10.5. The van der Waals surface area contributed by atoms with Crippen LogP contribution in [0.25, 0.3) is 0 Å². The van der Waals surface area contributed by atoms with E-state index in [0.29, 0.717) is 12.6 Å². The molecule has 0 bridgehead atoms. The molecule has 1 unspecified atom stereocenters. The molecule has 1 aromatic rings. The lowest BCUT2D eigenvalue weighted by Gasteiger charge is -2.25. The van der Waals surface area contributed by atoms with Crippen LogP contribution in [0.15, 0.2) is 10.7 Å². The van der Waals surface area contributed by atoms with Crippen LogP contribution in [0.5, 0.6) is 0 Å². The summed E-state index contributed by atoms with van der Waals surface area (Å²) in [7, 11) is 0. The Balaban J connectivity index is 2.14. The Kier molecular flexibility index (Phi) is 3.37. The number of rotatable bonds is 5. The van der Waals surface area contributed by atoms with Crippen molar-refractivity contribution in [2.24, 2.45) is 0 Å². The highest BCUT2D eigenvalue weighted by atomic mass is 79.9. The number of aromatic nitrogens is 2. The van der Waals surface area contributed by atoms with Crippen LogP contribution >= 0.6 is 15.9 Å². The Labute approximate surface area is 104 Å². The molecule has 90 valence electrons. The molecule has 2 rings (SSSR count). The van der Waals surface area contributed by atoms with Gasteiger partial charge in [-0.3, -0.25) is 4.68 Å². The van der Waals surface area contributed by atoms with Crippen LogP contribution < -0.4 is 5.32 Å². The van der Waals surface area contributed by atoms with Crippen LogP contribution in [-0.2, 0) is 12.1 Å². The van der Waals surface area contributed by atoms with Gasteiger partial charge in [-0.1, -0.05) is 0 Å². The predicted molar refractivity (Wildman–Crippen MR) is 66.2 cm³/mol. The third kappa shape index (κ3) is 2.47. The van der Waals surface area contributed by atoms with Gasteiger partial charge >= 0.3 is 0 Å². The number of aliphatic hydroxyl groups is 1. The van der Waals surface area contributed by atoms with Crippen molar-refractivity contribution in [2.75, 3.05) is 6.54 Å². The van der Waals surface area contributed by atoms with Gasteiger partial charge in [0.2, 0.25) is 0 Å². The van der Waals surface area contributed by atoms with Gasteiger partial charge in [0.25, 0.3) is 0 Å². The lowest BCUT2D eigenvalue weighted by molar-refractivity contribution is 0.0465. The number of hydrogen-bond acceptors (Lipinski definition) is 3. The molecule has 16 heavy (non-hydrogen) atoms. The zero-order chi connectivity index (χ0) is 11.8. The Morgan fingerprint density at radius 2 is 2.38 bits per heavy atom. The maximum absolute atomic E-state index is 10.5. The van der Waals surface area contributed by atoms with E-state index in [9.17, 15) is 5.11 Å². The van der Waals surface area contributed by atoms with Gasteiger partial charge in [0.05, 0.1) is 16.4 Å². The molecule has 0 aromatic carbocycles. The third-order valence-corrected chi connectivity index (χ3v) is 3.50. The number of hydrogen-bond donors (Lipinski definition) is 2. The van der Waals surface area contributed by atoms with E-state index < -0.39 is 5.60 Å². The van der Waals surface area contributed by atoms with Crippen molar-refractivity contribution in [3.8, 4) is 0 Å². The quantitative estimate of drug-likeness (QED) is 0.865. The van der Waals surface area contributed by atoms with Crippen molar-refractivity contribution in [1.82, 2.24) is 15.1 Å². The topological polar surface area (TPSA) is 50.1 Å². The summed E-state index contributed by atoms with van der Waals surface area (Å²) in [6.07, 6.45) is 4.19. The summed E-state index contributed by atoms with van der Waals surface area (Å²) in [6.45, 7) is 5.19. The van der Waals surface area contributed by atoms with Crippen molar-refractivity contribution in [1.29, 1.82) is 0 Å². The molecule has 1 saturated carbocycles. The van der Waals surface area contributed by atoms with Gasteiger partial charge in [-0.25, -0.2) is 0 Å². The van der Waals surface area contributed by atoms with E-state index in [2.05, 4.69) is 26.3 Å². The minimum absolute atomic E-state index is 0.571. The third-order valence-electron chi connectivity index (χ3n) is 2.92. The van der Waals surface area contributed by atoms with Gasteiger partial charge in [-0.2, -0.15) is 5.10 Å². The van der Waals surface area contributed by atoms with Crippen LogP contribution in [-0.4, -0.2) is 27.5 Å². The van der Waals surface area contributed by atoms with E-state index in [1.54, 1.807) is 6.20 Å². The summed E-state index contributed by atoms with van der Waals surface area (Å²) in [5.41, 5.74) is -0.0309. The second-order valence-electron chi connectivity index (χ2n) is 4.59. The average Bonchev–Trinajstić information content (AvgIpc) is 2.98. The summed E-state index contributed by atoms with van der Waals surface area (Å²) in [5, 5.41) is 18.1. The van der Waals surface area contributed by atoms with Gasteiger partial charge in [-0.05, 0) is 42.6 Å². The smallest absolute Gasteiger partial charge is 0.117 e. The molecular formula is C11H18BrN3O. The average molecular weight is 288 g/mol. The van der Waals surface area contributed by atoms with Crippen molar-refractivity contribution in [3.05, 3.63) is 16.4 Å².